The van der Waals surface area contributed by atoms with E-state index in [4.69, 9.17) is 9.47 Å². The van der Waals surface area contributed by atoms with Gasteiger partial charge in [0.1, 0.15) is 11.6 Å². The van der Waals surface area contributed by atoms with E-state index in [0.717, 1.165) is 11.4 Å². The summed E-state index contributed by atoms with van der Waals surface area (Å²) in [5.41, 5.74) is 0.0955. The summed E-state index contributed by atoms with van der Waals surface area (Å²) < 4.78 is 12.6. The molecular formula is C21H24N6O5S. The van der Waals surface area contributed by atoms with E-state index in [-0.39, 0.29) is 18.1 Å². The Hall–Kier alpha value is -3.38. The maximum absolute atomic E-state index is 12.6. The van der Waals surface area contributed by atoms with Gasteiger partial charge in [-0.3, -0.25) is 19.1 Å². The topological polar surface area (TPSA) is 135 Å². The minimum Gasteiger partial charge on any atom is -0.494 e. The van der Waals surface area contributed by atoms with Crippen molar-refractivity contribution in [3.05, 3.63) is 62.7 Å². The molecule has 0 atom stereocenters. The van der Waals surface area contributed by atoms with Gasteiger partial charge in [0.2, 0.25) is 5.91 Å². The fourth-order valence-electron chi connectivity index (χ4n) is 3.44. The molecule has 0 radical (unpaired) electrons. The molecule has 0 bridgehead atoms. The van der Waals surface area contributed by atoms with E-state index < -0.39 is 11.2 Å². The minimum atomic E-state index is -0.588. The van der Waals surface area contributed by atoms with E-state index >= 15 is 0 Å². The highest BCUT2D eigenvalue weighted by Crippen LogP contribution is 2.25. The Morgan fingerprint density at radius 3 is 2.61 bits per heavy atom. The minimum absolute atomic E-state index is 0.00465. The maximum Gasteiger partial charge on any atom is 0.325 e. The zero-order valence-corrected chi connectivity index (χ0v) is 18.9. The maximum atomic E-state index is 12.6. The molecule has 2 N–H and O–H groups in total. The van der Waals surface area contributed by atoms with Gasteiger partial charge in [0.15, 0.2) is 5.16 Å². The molecule has 0 spiro atoms. The molecule has 0 aliphatic carbocycles. The third-order valence-electron chi connectivity index (χ3n) is 4.96. The van der Waals surface area contributed by atoms with Gasteiger partial charge < -0.3 is 19.4 Å². The van der Waals surface area contributed by atoms with E-state index in [1.165, 1.54) is 17.8 Å². The van der Waals surface area contributed by atoms with Crippen LogP contribution >= 0.6 is 11.8 Å². The van der Waals surface area contributed by atoms with Gasteiger partial charge in [-0.25, -0.2) is 4.79 Å². The molecule has 1 saturated heterocycles. The summed E-state index contributed by atoms with van der Waals surface area (Å²) in [6.07, 6.45) is 0.178. The molecule has 3 heterocycles. The van der Waals surface area contributed by atoms with Crippen LogP contribution in [0, 0.1) is 0 Å². The van der Waals surface area contributed by atoms with Gasteiger partial charge in [-0.15, -0.1) is 10.2 Å². The third-order valence-corrected chi connectivity index (χ3v) is 5.87. The van der Waals surface area contributed by atoms with Crippen LogP contribution in [-0.2, 0) is 16.0 Å². The van der Waals surface area contributed by atoms with Gasteiger partial charge in [0.25, 0.3) is 5.56 Å². The lowest BCUT2D eigenvalue weighted by Gasteiger charge is -2.26. The molecule has 174 valence electrons. The van der Waals surface area contributed by atoms with Crippen LogP contribution in [0.3, 0.4) is 0 Å². The molecule has 1 amide bonds. The van der Waals surface area contributed by atoms with Crippen molar-refractivity contribution in [2.45, 2.75) is 18.5 Å². The molecule has 4 rings (SSSR count). The van der Waals surface area contributed by atoms with Crippen LogP contribution in [0.5, 0.6) is 5.75 Å². The van der Waals surface area contributed by atoms with Gasteiger partial charge >= 0.3 is 5.69 Å². The number of nitrogens with one attached hydrogen (secondary N) is 2. The Balaban J connectivity index is 1.61. The third kappa shape index (κ3) is 5.71. The smallest absolute Gasteiger partial charge is 0.325 e. The Bertz CT molecular complexity index is 1180. The molecular weight excluding hydrogens is 448 g/mol. The van der Waals surface area contributed by atoms with E-state index in [9.17, 15) is 14.4 Å². The number of hydrogen-bond acceptors (Lipinski definition) is 8. The average Bonchev–Trinajstić information content (AvgIpc) is 3.20. The summed E-state index contributed by atoms with van der Waals surface area (Å²) in [4.78, 5) is 42.5. The van der Waals surface area contributed by atoms with E-state index in [0.29, 0.717) is 49.6 Å². The number of aromatic amines is 2. The lowest BCUT2D eigenvalue weighted by atomic mass is 10.2. The number of rotatable bonds is 8. The van der Waals surface area contributed by atoms with Gasteiger partial charge in [-0.2, -0.15) is 0 Å². The Kier molecular flexibility index (Phi) is 7.25. The van der Waals surface area contributed by atoms with Crippen molar-refractivity contribution in [3.8, 4) is 11.4 Å². The van der Waals surface area contributed by atoms with Crippen molar-refractivity contribution in [1.29, 1.82) is 0 Å². The van der Waals surface area contributed by atoms with Crippen LogP contribution in [-0.4, -0.2) is 74.2 Å². The molecule has 1 aromatic carbocycles. The highest BCUT2D eigenvalue weighted by molar-refractivity contribution is 7.99. The number of thioether (sulfide) groups is 1. The fourth-order valence-corrected chi connectivity index (χ4v) is 4.31. The number of hydrogen-bond donors (Lipinski definition) is 2. The summed E-state index contributed by atoms with van der Waals surface area (Å²) in [5, 5.41) is 9.09. The van der Waals surface area contributed by atoms with Crippen LogP contribution in [0.2, 0.25) is 0 Å². The van der Waals surface area contributed by atoms with Gasteiger partial charge in [-0.1, -0.05) is 11.8 Å². The predicted octanol–water partition coefficient (Wildman–Crippen LogP) is 0.584. The molecule has 11 nitrogen and oxygen atoms in total. The standard InChI is InChI=1S/C21H24N6O5S/c1-2-32-16-5-3-15(4-6-16)27-17(11-14-12-18(28)23-20(30)22-14)24-25-21(27)33-13-19(29)26-7-9-31-10-8-26/h3-6,12H,2,7-11,13H2,1H3,(H2,22,23,28,30). The Labute approximate surface area is 193 Å². The number of aromatic nitrogens is 5. The van der Waals surface area contributed by atoms with Crippen LogP contribution in [0.4, 0.5) is 0 Å². The lowest BCUT2D eigenvalue weighted by molar-refractivity contribution is -0.132. The Morgan fingerprint density at radius 2 is 1.91 bits per heavy atom. The van der Waals surface area contributed by atoms with Crippen molar-refractivity contribution < 1.29 is 14.3 Å². The van der Waals surface area contributed by atoms with E-state index in [1.807, 2.05) is 35.8 Å². The number of amides is 1. The molecule has 12 heteroatoms. The molecule has 0 unspecified atom stereocenters. The van der Waals surface area contributed by atoms with Crippen molar-refractivity contribution in [3.63, 3.8) is 0 Å². The highest BCUT2D eigenvalue weighted by atomic mass is 32.2. The van der Waals surface area contributed by atoms with Gasteiger partial charge in [-0.05, 0) is 31.2 Å². The first-order chi connectivity index (χ1) is 16.0. The monoisotopic (exact) mass is 472 g/mol. The Morgan fingerprint density at radius 1 is 1.15 bits per heavy atom. The van der Waals surface area contributed by atoms with Crippen molar-refractivity contribution >= 4 is 17.7 Å². The summed E-state index contributed by atoms with van der Waals surface area (Å²) >= 11 is 1.28. The van der Waals surface area contributed by atoms with Crippen molar-refractivity contribution in [1.82, 2.24) is 29.6 Å². The number of H-pyrrole nitrogens is 2. The molecule has 1 fully saturated rings. The summed E-state index contributed by atoms with van der Waals surface area (Å²) in [6.45, 7) is 4.69. The summed E-state index contributed by atoms with van der Waals surface area (Å²) in [5.74, 6) is 1.45. The molecule has 1 aliphatic rings. The second-order valence-electron chi connectivity index (χ2n) is 7.23. The van der Waals surface area contributed by atoms with Gasteiger partial charge in [0.05, 0.1) is 25.6 Å². The first-order valence-corrected chi connectivity index (χ1v) is 11.5. The summed E-state index contributed by atoms with van der Waals surface area (Å²) in [6, 6.07) is 8.72. The lowest BCUT2D eigenvalue weighted by Crippen LogP contribution is -2.41. The fraction of sp³-hybridized carbons (Fsp3) is 0.381. The largest absolute Gasteiger partial charge is 0.494 e. The quantitative estimate of drug-likeness (QED) is 0.455. The molecule has 0 saturated carbocycles. The van der Waals surface area contributed by atoms with E-state index in [1.54, 1.807) is 4.90 Å². The molecule has 2 aromatic heterocycles. The predicted molar refractivity (Wildman–Crippen MR) is 121 cm³/mol. The number of ether oxygens (including phenoxy) is 2. The van der Waals surface area contributed by atoms with Crippen LogP contribution < -0.4 is 16.0 Å². The number of morpholine rings is 1. The second-order valence-corrected chi connectivity index (χ2v) is 8.18. The zero-order valence-electron chi connectivity index (χ0n) is 18.1. The molecule has 33 heavy (non-hydrogen) atoms. The first kappa shape index (κ1) is 22.8. The average molecular weight is 473 g/mol. The van der Waals surface area contributed by atoms with Gasteiger partial charge in [0, 0.05) is 37.0 Å². The number of carbonyl (C=O) groups is 1. The highest BCUT2D eigenvalue weighted by Gasteiger charge is 2.20. The number of carbonyl (C=O) groups excluding carboxylic acids is 1. The number of benzene rings is 1. The number of nitrogens with zero attached hydrogens (tertiary/aromatic N) is 4. The normalized spacial score (nSPS) is 13.8. The van der Waals surface area contributed by atoms with Crippen molar-refractivity contribution in [2.24, 2.45) is 0 Å². The van der Waals surface area contributed by atoms with Crippen LogP contribution in [0.15, 0.2) is 45.1 Å². The van der Waals surface area contributed by atoms with Crippen LogP contribution in [0.1, 0.15) is 18.4 Å². The molecule has 3 aromatic rings. The summed E-state index contributed by atoms with van der Waals surface area (Å²) in [7, 11) is 0. The first-order valence-electron chi connectivity index (χ1n) is 10.5. The van der Waals surface area contributed by atoms with Crippen molar-refractivity contribution in [2.75, 3.05) is 38.7 Å². The van der Waals surface area contributed by atoms with Crippen LogP contribution in [0.25, 0.3) is 5.69 Å². The second kappa shape index (κ2) is 10.5. The zero-order chi connectivity index (χ0) is 23.2. The molecule has 1 aliphatic heterocycles. The SMILES string of the molecule is CCOc1ccc(-n2c(Cc3cc(=O)[nH]c(=O)[nH]3)nnc2SCC(=O)N2CCOCC2)cc1. The van der Waals surface area contributed by atoms with E-state index in [2.05, 4.69) is 20.2 Å².